The summed E-state index contributed by atoms with van der Waals surface area (Å²) >= 11 is 1.52. The van der Waals surface area contributed by atoms with Crippen LogP contribution in [0.5, 0.6) is 0 Å². The maximum absolute atomic E-state index is 12.6. The highest BCUT2D eigenvalue weighted by atomic mass is 32.1. The molecule has 1 amide bonds. The maximum atomic E-state index is 12.6. The number of fused-ring (bicyclic) bond motifs is 5. The topological polar surface area (TPSA) is 62.2 Å². The smallest absolute Gasteiger partial charge is 0.226 e. The SMILES string of the molecule is Cc1cnc(NC(=O)CCC2CC(O)C3(C)CCC4c5c(C)cccc5CCC4C23)s1. The molecule has 1 heterocycles. The molecule has 0 radical (unpaired) electrons. The Morgan fingerprint density at radius 3 is 2.94 bits per heavy atom. The zero-order valence-corrected chi connectivity index (χ0v) is 19.7. The summed E-state index contributed by atoms with van der Waals surface area (Å²) in [7, 11) is 0. The molecule has 31 heavy (non-hydrogen) atoms. The Bertz CT molecular complexity index is 986. The summed E-state index contributed by atoms with van der Waals surface area (Å²) in [4.78, 5) is 17.9. The average Bonchev–Trinajstić information content (AvgIpc) is 3.26. The monoisotopic (exact) mass is 438 g/mol. The Morgan fingerprint density at radius 2 is 2.16 bits per heavy atom. The van der Waals surface area contributed by atoms with E-state index in [1.807, 2.05) is 6.92 Å². The standard InChI is InChI=1S/C26H34N2O2S/c1-15-5-4-6-17-7-9-20-19(23(15)17)11-12-26(3)21(29)13-18(24(20)26)8-10-22(30)28-25-27-14-16(2)31-25/h4-6,14,18-21,24,29H,7-13H2,1-3H3,(H,27,28,30). The van der Waals surface area contributed by atoms with Crippen LogP contribution in [-0.4, -0.2) is 22.1 Å². The predicted octanol–water partition coefficient (Wildman–Crippen LogP) is 5.62. The normalized spacial score (nSPS) is 34.0. The molecule has 6 unspecified atom stereocenters. The third-order valence-corrected chi connectivity index (χ3v) is 9.50. The summed E-state index contributed by atoms with van der Waals surface area (Å²) < 4.78 is 0. The number of rotatable bonds is 4. The van der Waals surface area contributed by atoms with Crippen LogP contribution in [0.1, 0.15) is 72.9 Å². The van der Waals surface area contributed by atoms with Crippen LogP contribution in [0.15, 0.2) is 24.4 Å². The van der Waals surface area contributed by atoms with Crippen LogP contribution in [-0.2, 0) is 11.2 Å². The number of benzene rings is 1. The Balaban J connectivity index is 1.34. The van der Waals surface area contributed by atoms with E-state index >= 15 is 0 Å². The molecule has 3 aliphatic rings. The molecule has 2 saturated carbocycles. The third kappa shape index (κ3) is 3.64. The van der Waals surface area contributed by atoms with Crippen LogP contribution in [0.3, 0.4) is 0 Å². The van der Waals surface area contributed by atoms with E-state index in [1.54, 1.807) is 11.8 Å². The van der Waals surface area contributed by atoms with Gasteiger partial charge in [-0.15, -0.1) is 11.3 Å². The summed E-state index contributed by atoms with van der Waals surface area (Å²) in [6.45, 7) is 6.59. The molecular weight excluding hydrogens is 404 g/mol. The minimum atomic E-state index is -0.244. The van der Waals surface area contributed by atoms with Crippen LogP contribution in [0.25, 0.3) is 0 Å². The second kappa shape index (κ2) is 8.00. The first-order valence-electron chi connectivity index (χ1n) is 11.9. The molecule has 2 aromatic rings. The number of hydrogen-bond acceptors (Lipinski definition) is 4. The van der Waals surface area contributed by atoms with Gasteiger partial charge in [0.25, 0.3) is 0 Å². The molecule has 2 fully saturated rings. The van der Waals surface area contributed by atoms with Crippen molar-refractivity contribution in [1.82, 2.24) is 4.98 Å². The molecule has 1 aromatic carbocycles. The largest absolute Gasteiger partial charge is 0.393 e. The molecule has 5 heteroatoms. The Labute approximate surface area is 189 Å². The number of aliphatic hydroxyl groups is 1. The quantitative estimate of drug-likeness (QED) is 0.651. The first kappa shape index (κ1) is 21.1. The first-order valence-corrected chi connectivity index (χ1v) is 12.7. The van der Waals surface area contributed by atoms with E-state index in [4.69, 9.17) is 0 Å². The molecule has 166 valence electrons. The molecule has 3 aliphatic carbocycles. The average molecular weight is 439 g/mol. The van der Waals surface area contributed by atoms with E-state index in [1.165, 1.54) is 35.3 Å². The molecule has 4 nitrogen and oxygen atoms in total. The predicted molar refractivity (Wildman–Crippen MR) is 125 cm³/mol. The van der Waals surface area contributed by atoms with Crippen LogP contribution in [0, 0.1) is 37.0 Å². The van der Waals surface area contributed by atoms with E-state index in [0.717, 1.165) is 30.6 Å². The van der Waals surface area contributed by atoms with Gasteiger partial charge in [-0.05, 0) is 98.1 Å². The highest BCUT2D eigenvalue weighted by molar-refractivity contribution is 7.15. The van der Waals surface area contributed by atoms with Gasteiger partial charge in [-0.1, -0.05) is 25.1 Å². The fourth-order valence-corrected chi connectivity index (χ4v) is 8.01. The zero-order chi connectivity index (χ0) is 21.8. The van der Waals surface area contributed by atoms with Crippen LogP contribution in [0.4, 0.5) is 5.13 Å². The fraction of sp³-hybridized carbons (Fsp3) is 0.615. The van der Waals surface area contributed by atoms with Gasteiger partial charge in [-0.2, -0.15) is 0 Å². The number of anilines is 1. The number of nitrogens with one attached hydrogen (secondary N) is 1. The molecule has 0 bridgehead atoms. The van der Waals surface area contributed by atoms with Gasteiger partial charge in [0.05, 0.1) is 6.10 Å². The summed E-state index contributed by atoms with van der Waals surface area (Å²) in [5.74, 6) is 2.21. The maximum Gasteiger partial charge on any atom is 0.226 e. The van der Waals surface area contributed by atoms with E-state index in [-0.39, 0.29) is 17.4 Å². The molecule has 1 aromatic heterocycles. The second-order valence-electron chi connectivity index (χ2n) is 10.4. The van der Waals surface area contributed by atoms with Crippen LogP contribution < -0.4 is 5.32 Å². The number of nitrogens with zero attached hydrogens (tertiary/aromatic N) is 1. The lowest BCUT2D eigenvalue weighted by atomic mass is 9.53. The van der Waals surface area contributed by atoms with Gasteiger partial charge in [0.15, 0.2) is 5.13 Å². The highest BCUT2D eigenvalue weighted by Gasteiger charge is 2.58. The van der Waals surface area contributed by atoms with E-state index in [2.05, 4.69) is 42.3 Å². The highest BCUT2D eigenvalue weighted by Crippen LogP contribution is 2.63. The van der Waals surface area contributed by atoms with Crippen molar-refractivity contribution >= 4 is 22.4 Å². The Kier molecular flexibility index (Phi) is 5.46. The number of aliphatic hydroxyl groups excluding tert-OH is 1. The van der Waals surface area contributed by atoms with Crippen LogP contribution in [0.2, 0.25) is 0 Å². The van der Waals surface area contributed by atoms with Gasteiger partial charge in [-0.25, -0.2) is 4.98 Å². The van der Waals surface area contributed by atoms with Gasteiger partial charge in [0.1, 0.15) is 0 Å². The summed E-state index contributed by atoms with van der Waals surface area (Å²) in [6, 6.07) is 6.78. The Hall–Kier alpha value is -1.72. The molecular formula is C26H34N2O2S. The lowest BCUT2D eigenvalue weighted by Gasteiger charge is -2.51. The Morgan fingerprint density at radius 1 is 1.32 bits per heavy atom. The number of amides is 1. The van der Waals surface area contributed by atoms with Gasteiger partial charge in [0, 0.05) is 17.5 Å². The fourth-order valence-electron chi connectivity index (χ4n) is 7.33. The summed E-state index contributed by atoms with van der Waals surface area (Å²) in [6.07, 6.45) is 8.41. The molecule has 0 spiro atoms. The number of aromatic nitrogens is 1. The van der Waals surface area contributed by atoms with Crippen molar-refractivity contribution < 1.29 is 9.90 Å². The zero-order valence-electron chi connectivity index (χ0n) is 18.9. The van der Waals surface area contributed by atoms with Crippen molar-refractivity contribution in [2.24, 2.45) is 23.2 Å². The minimum Gasteiger partial charge on any atom is -0.393 e. The number of thiazole rings is 1. The van der Waals surface area contributed by atoms with Crippen molar-refractivity contribution in [3.8, 4) is 0 Å². The van der Waals surface area contributed by atoms with Gasteiger partial charge in [0.2, 0.25) is 5.91 Å². The lowest BCUT2D eigenvalue weighted by Crippen LogP contribution is -2.45. The second-order valence-corrected chi connectivity index (χ2v) is 11.6. The molecule has 6 atom stereocenters. The molecule has 0 saturated heterocycles. The molecule has 5 rings (SSSR count). The number of carbonyl (C=O) groups excluding carboxylic acids is 1. The number of carbonyl (C=O) groups is 1. The first-order chi connectivity index (χ1) is 14.9. The van der Waals surface area contributed by atoms with Gasteiger partial charge < -0.3 is 10.4 Å². The minimum absolute atomic E-state index is 0.00504. The van der Waals surface area contributed by atoms with Gasteiger partial charge >= 0.3 is 0 Å². The lowest BCUT2D eigenvalue weighted by molar-refractivity contribution is -0.116. The van der Waals surface area contributed by atoms with Crippen molar-refractivity contribution in [2.45, 2.75) is 77.7 Å². The summed E-state index contributed by atoms with van der Waals surface area (Å²) in [5, 5.41) is 14.7. The van der Waals surface area contributed by atoms with Crippen molar-refractivity contribution in [1.29, 1.82) is 0 Å². The van der Waals surface area contributed by atoms with Crippen molar-refractivity contribution in [3.05, 3.63) is 46.0 Å². The molecule has 0 aliphatic heterocycles. The van der Waals surface area contributed by atoms with E-state index < -0.39 is 0 Å². The molecule has 2 N–H and O–H groups in total. The van der Waals surface area contributed by atoms with Crippen molar-refractivity contribution in [2.75, 3.05) is 5.32 Å². The van der Waals surface area contributed by atoms with Crippen LogP contribution >= 0.6 is 11.3 Å². The summed E-state index contributed by atoms with van der Waals surface area (Å²) in [5.41, 5.74) is 4.56. The number of aryl methyl sites for hydroxylation is 3. The number of hydrogen-bond donors (Lipinski definition) is 2. The van der Waals surface area contributed by atoms with E-state index in [9.17, 15) is 9.90 Å². The van der Waals surface area contributed by atoms with E-state index in [0.29, 0.717) is 35.2 Å². The third-order valence-electron chi connectivity index (χ3n) is 8.67. The van der Waals surface area contributed by atoms with Crippen molar-refractivity contribution in [3.63, 3.8) is 0 Å². The van der Waals surface area contributed by atoms with Gasteiger partial charge in [-0.3, -0.25) is 4.79 Å².